The standard InChI is InChI=1S/C16H17N3O/c20-16(19-13-6-7-13)15-9-8-14(11-18-15)17-10-12-4-2-1-3-5-12/h1-5,8-9,11,13,17H,6-7,10H2,(H,19,20). The third-order valence-corrected chi connectivity index (χ3v) is 3.25. The maximum absolute atomic E-state index is 11.8. The SMILES string of the molecule is O=C(NC1CC1)c1ccc(NCc2ccccc2)cn1. The fraction of sp³-hybridized carbons (Fsp3) is 0.250. The number of benzene rings is 1. The lowest BCUT2D eigenvalue weighted by atomic mass is 10.2. The molecule has 1 aromatic heterocycles. The molecule has 1 aliphatic carbocycles. The highest BCUT2D eigenvalue weighted by atomic mass is 16.2. The molecule has 0 bridgehead atoms. The van der Waals surface area contributed by atoms with Crippen LogP contribution in [0.2, 0.25) is 0 Å². The first-order chi connectivity index (χ1) is 9.81. The third kappa shape index (κ3) is 3.35. The zero-order valence-electron chi connectivity index (χ0n) is 11.2. The van der Waals surface area contributed by atoms with Crippen molar-refractivity contribution in [2.75, 3.05) is 5.32 Å². The van der Waals surface area contributed by atoms with E-state index in [1.165, 1.54) is 5.56 Å². The van der Waals surface area contributed by atoms with Gasteiger partial charge in [0, 0.05) is 12.6 Å². The molecule has 0 saturated heterocycles. The van der Waals surface area contributed by atoms with Gasteiger partial charge in [0.2, 0.25) is 0 Å². The number of nitrogens with one attached hydrogen (secondary N) is 2. The Morgan fingerprint density at radius 2 is 1.95 bits per heavy atom. The van der Waals surface area contributed by atoms with Crippen LogP contribution in [0.25, 0.3) is 0 Å². The van der Waals surface area contributed by atoms with Gasteiger partial charge in [0.1, 0.15) is 5.69 Å². The van der Waals surface area contributed by atoms with E-state index in [0.29, 0.717) is 11.7 Å². The van der Waals surface area contributed by atoms with Crippen molar-refractivity contribution in [2.45, 2.75) is 25.4 Å². The monoisotopic (exact) mass is 267 g/mol. The van der Waals surface area contributed by atoms with Gasteiger partial charge in [0.05, 0.1) is 11.9 Å². The van der Waals surface area contributed by atoms with Gasteiger partial charge in [-0.25, -0.2) is 4.98 Å². The summed E-state index contributed by atoms with van der Waals surface area (Å²) in [6.07, 6.45) is 3.87. The number of carbonyl (C=O) groups is 1. The largest absolute Gasteiger partial charge is 0.380 e. The van der Waals surface area contributed by atoms with Crippen molar-refractivity contribution in [3.8, 4) is 0 Å². The summed E-state index contributed by atoms with van der Waals surface area (Å²) in [6, 6.07) is 14.2. The van der Waals surface area contributed by atoms with Gasteiger partial charge in [0.25, 0.3) is 5.91 Å². The molecule has 0 unspecified atom stereocenters. The van der Waals surface area contributed by atoms with Crippen molar-refractivity contribution < 1.29 is 4.79 Å². The number of pyridine rings is 1. The molecular weight excluding hydrogens is 250 g/mol. The number of rotatable bonds is 5. The van der Waals surface area contributed by atoms with Crippen LogP contribution in [0.4, 0.5) is 5.69 Å². The summed E-state index contributed by atoms with van der Waals surface area (Å²) in [5.41, 5.74) is 2.60. The number of anilines is 1. The molecule has 0 atom stereocenters. The normalized spacial score (nSPS) is 13.8. The molecule has 0 spiro atoms. The first-order valence-corrected chi connectivity index (χ1v) is 6.86. The Labute approximate surface area is 118 Å². The molecule has 1 amide bonds. The Morgan fingerprint density at radius 3 is 2.60 bits per heavy atom. The summed E-state index contributed by atoms with van der Waals surface area (Å²) in [5, 5.41) is 6.21. The Morgan fingerprint density at radius 1 is 1.15 bits per heavy atom. The fourth-order valence-corrected chi connectivity index (χ4v) is 1.92. The van der Waals surface area contributed by atoms with E-state index in [-0.39, 0.29) is 5.91 Å². The number of hydrogen-bond donors (Lipinski definition) is 2. The average molecular weight is 267 g/mol. The third-order valence-electron chi connectivity index (χ3n) is 3.25. The zero-order valence-corrected chi connectivity index (χ0v) is 11.2. The van der Waals surface area contributed by atoms with E-state index >= 15 is 0 Å². The van der Waals surface area contributed by atoms with E-state index < -0.39 is 0 Å². The van der Waals surface area contributed by atoms with Crippen molar-refractivity contribution in [2.24, 2.45) is 0 Å². The van der Waals surface area contributed by atoms with Crippen LogP contribution in [0, 0.1) is 0 Å². The molecule has 102 valence electrons. The van der Waals surface area contributed by atoms with Crippen LogP contribution in [-0.2, 0) is 6.54 Å². The van der Waals surface area contributed by atoms with Gasteiger partial charge in [-0.15, -0.1) is 0 Å². The molecule has 2 N–H and O–H groups in total. The molecule has 1 aromatic carbocycles. The predicted octanol–water partition coefficient (Wildman–Crippen LogP) is 2.59. The van der Waals surface area contributed by atoms with Gasteiger partial charge in [-0.2, -0.15) is 0 Å². The van der Waals surface area contributed by atoms with E-state index in [4.69, 9.17) is 0 Å². The summed E-state index contributed by atoms with van der Waals surface area (Å²) in [4.78, 5) is 16.0. The summed E-state index contributed by atoms with van der Waals surface area (Å²) < 4.78 is 0. The van der Waals surface area contributed by atoms with E-state index in [0.717, 1.165) is 25.1 Å². The van der Waals surface area contributed by atoms with E-state index in [1.54, 1.807) is 12.3 Å². The molecule has 4 heteroatoms. The highest BCUT2D eigenvalue weighted by molar-refractivity contribution is 5.92. The second kappa shape index (κ2) is 5.74. The Balaban J connectivity index is 1.56. The summed E-state index contributed by atoms with van der Waals surface area (Å²) in [7, 11) is 0. The quantitative estimate of drug-likeness (QED) is 0.875. The van der Waals surface area contributed by atoms with Crippen LogP contribution >= 0.6 is 0 Å². The topological polar surface area (TPSA) is 54.0 Å². The molecule has 1 heterocycles. The van der Waals surface area contributed by atoms with Crippen molar-refractivity contribution in [1.82, 2.24) is 10.3 Å². The predicted molar refractivity (Wildman–Crippen MR) is 78.5 cm³/mol. The van der Waals surface area contributed by atoms with Crippen LogP contribution in [0.5, 0.6) is 0 Å². The minimum Gasteiger partial charge on any atom is -0.380 e. The zero-order chi connectivity index (χ0) is 13.8. The van der Waals surface area contributed by atoms with E-state index in [1.807, 2.05) is 24.3 Å². The number of carbonyl (C=O) groups excluding carboxylic acids is 1. The van der Waals surface area contributed by atoms with Crippen molar-refractivity contribution >= 4 is 11.6 Å². The maximum atomic E-state index is 11.8. The van der Waals surface area contributed by atoms with Crippen LogP contribution in [0.15, 0.2) is 48.7 Å². The fourth-order valence-electron chi connectivity index (χ4n) is 1.92. The molecule has 0 radical (unpaired) electrons. The van der Waals surface area contributed by atoms with E-state index in [2.05, 4.69) is 27.8 Å². The lowest BCUT2D eigenvalue weighted by Crippen LogP contribution is -2.26. The van der Waals surface area contributed by atoms with Crippen LogP contribution in [0.3, 0.4) is 0 Å². The Bertz CT molecular complexity index is 576. The lowest BCUT2D eigenvalue weighted by molar-refractivity contribution is 0.0946. The molecule has 1 fully saturated rings. The lowest BCUT2D eigenvalue weighted by Gasteiger charge is -2.07. The highest BCUT2D eigenvalue weighted by Crippen LogP contribution is 2.19. The Hall–Kier alpha value is -2.36. The van der Waals surface area contributed by atoms with Gasteiger partial charge in [-0.05, 0) is 30.5 Å². The van der Waals surface area contributed by atoms with Gasteiger partial charge in [-0.3, -0.25) is 4.79 Å². The minimum absolute atomic E-state index is 0.0814. The second-order valence-corrected chi connectivity index (χ2v) is 5.02. The highest BCUT2D eigenvalue weighted by Gasteiger charge is 2.24. The van der Waals surface area contributed by atoms with Crippen molar-refractivity contribution in [3.63, 3.8) is 0 Å². The summed E-state index contributed by atoms with van der Waals surface area (Å²) in [6.45, 7) is 0.746. The first kappa shape index (κ1) is 12.7. The van der Waals surface area contributed by atoms with Gasteiger partial charge in [-0.1, -0.05) is 30.3 Å². The van der Waals surface area contributed by atoms with Crippen molar-refractivity contribution in [1.29, 1.82) is 0 Å². The molecule has 4 nitrogen and oxygen atoms in total. The number of nitrogens with zero attached hydrogens (tertiary/aromatic N) is 1. The smallest absolute Gasteiger partial charge is 0.270 e. The number of amides is 1. The van der Waals surface area contributed by atoms with Crippen LogP contribution in [0.1, 0.15) is 28.9 Å². The second-order valence-electron chi connectivity index (χ2n) is 5.02. The molecule has 3 rings (SSSR count). The van der Waals surface area contributed by atoms with Gasteiger partial charge < -0.3 is 10.6 Å². The van der Waals surface area contributed by atoms with Crippen LogP contribution in [-0.4, -0.2) is 16.9 Å². The minimum atomic E-state index is -0.0814. The van der Waals surface area contributed by atoms with Gasteiger partial charge >= 0.3 is 0 Å². The maximum Gasteiger partial charge on any atom is 0.270 e. The van der Waals surface area contributed by atoms with Gasteiger partial charge in [0.15, 0.2) is 0 Å². The van der Waals surface area contributed by atoms with Crippen LogP contribution < -0.4 is 10.6 Å². The average Bonchev–Trinajstić information content (AvgIpc) is 3.31. The molecule has 0 aliphatic heterocycles. The molecule has 20 heavy (non-hydrogen) atoms. The summed E-state index contributed by atoms with van der Waals surface area (Å²) >= 11 is 0. The molecular formula is C16H17N3O. The Kier molecular flexibility index (Phi) is 3.63. The number of hydrogen-bond acceptors (Lipinski definition) is 3. The summed E-state index contributed by atoms with van der Waals surface area (Å²) in [5.74, 6) is -0.0814. The number of aromatic nitrogens is 1. The molecule has 1 saturated carbocycles. The molecule has 1 aliphatic rings. The molecule has 2 aromatic rings. The first-order valence-electron chi connectivity index (χ1n) is 6.86. The van der Waals surface area contributed by atoms with E-state index in [9.17, 15) is 4.79 Å². The van der Waals surface area contributed by atoms with Crippen molar-refractivity contribution in [3.05, 3.63) is 59.9 Å².